The first kappa shape index (κ1) is 30.4. The molecule has 1 aliphatic heterocycles. The highest BCUT2D eigenvalue weighted by Gasteiger charge is 2.51. The first-order valence-electron chi connectivity index (χ1n) is 13.9. The lowest BCUT2D eigenvalue weighted by Crippen LogP contribution is -2.56. The highest BCUT2D eigenvalue weighted by molar-refractivity contribution is 5.96. The number of benzene rings is 2. The molecule has 2 aromatic carbocycles. The second-order valence-electron chi connectivity index (χ2n) is 10.8. The maximum absolute atomic E-state index is 13.6. The molecule has 0 bridgehead atoms. The number of carbonyl (C=O) groups is 2. The Labute approximate surface area is 240 Å². The van der Waals surface area contributed by atoms with Gasteiger partial charge in [0.15, 0.2) is 11.5 Å². The quantitative estimate of drug-likeness (QED) is 0.305. The molecule has 2 aliphatic rings. The van der Waals surface area contributed by atoms with Crippen molar-refractivity contribution in [3.05, 3.63) is 64.7 Å². The Balaban J connectivity index is 1.78. The van der Waals surface area contributed by atoms with E-state index in [4.69, 9.17) is 14.2 Å². The lowest BCUT2D eigenvalue weighted by atomic mass is 9.77. The maximum atomic E-state index is 13.6. The number of methoxy groups -OCH3 is 2. The highest BCUT2D eigenvalue weighted by atomic mass is 16.5. The predicted octanol–water partition coefficient (Wildman–Crippen LogP) is 1.94. The number of aliphatic hydroxyl groups is 3. The zero-order valence-electron chi connectivity index (χ0n) is 24.0. The van der Waals surface area contributed by atoms with Crippen LogP contribution in [-0.2, 0) is 22.6 Å². The number of fused-ring (bicyclic) bond motifs is 3. The van der Waals surface area contributed by atoms with Crippen LogP contribution < -0.4 is 19.5 Å². The first-order chi connectivity index (χ1) is 19.7. The number of carbonyl (C=O) groups excluding carboxylic acids is 2. The van der Waals surface area contributed by atoms with Crippen LogP contribution in [0.3, 0.4) is 0 Å². The molecule has 4 atom stereocenters. The summed E-state index contributed by atoms with van der Waals surface area (Å²) in [7, 11) is 3.08. The average Bonchev–Trinajstić information content (AvgIpc) is 3.36. The predicted molar refractivity (Wildman–Crippen MR) is 152 cm³/mol. The third kappa shape index (κ3) is 6.34. The van der Waals surface area contributed by atoms with E-state index in [0.29, 0.717) is 40.4 Å². The number of amides is 2. The van der Waals surface area contributed by atoms with Gasteiger partial charge in [0.2, 0.25) is 11.8 Å². The monoisotopic (exact) mass is 568 g/mol. The van der Waals surface area contributed by atoms with Crippen molar-refractivity contribution in [1.29, 1.82) is 0 Å². The van der Waals surface area contributed by atoms with E-state index in [9.17, 15) is 24.9 Å². The molecule has 4 rings (SSSR count). The Morgan fingerprint density at radius 2 is 1.83 bits per heavy atom. The Morgan fingerprint density at radius 3 is 2.49 bits per heavy atom. The summed E-state index contributed by atoms with van der Waals surface area (Å²) in [5, 5.41) is 33.7. The van der Waals surface area contributed by atoms with Gasteiger partial charge in [-0.2, -0.15) is 0 Å². The molecule has 0 fully saturated rings. The van der Waals surface area contributed by atoms with E-state index in [1.165, 1.54) is 7.11 Å². The Bertz CT molecular complexity index is 1280. The summed E-state index contributed by atoms with van der Waals surface area (Å²) >= 11 is 0. The Hall–Kier alpha value is -3.60. The van der Waals surface area contributed by atoms with Crippen molar-refractivity contribution >= 4 is 11.8 Å². The number of nitrogens with zero attached hydrogens (tertiary/aromatic N) is 1. The molecule has 10 nitrogen and oxygen atoms in total. The number of ether oxygens (including phenoxy) is 3. The third-order valence-electron chi connectivity index (χ3n) is 7.57. The van der Waals surface area contributed by atoms with Crippen molar-refractivity contribution < 1.29 is 39.1 Å². The molecule has 0 radical (unpaired) electrons. The zero-order valence-corrected chi connectivity index (χ0v) is 24.0. The second-order valence-corrected chi connectivity index (χ2v) is 10.8. The van der Waals surface area contributed by atoms with Crippen LogP contribution in [0, 0.1) is 5.92 Å². The van der Waals surface area contributed by atoms with Gasteiger partial charge in [-0.25, -0.2) is 0 Å². The molecule has 2 aromatic rings. The SMILES string of the molecule is COc1ccccc1CCN(C(=O)CC(C)C)C1C=C(C(=O)NCCO)C2c3cc(CO)cc(OC)c3OC2C1O. The summed E-state index contributed by atoms with van der Waals surface area (Å²) in [5.74, 6) is 0.282. The summed E-state index contributed by atoms with van der Waals surface area (Å²) in [6.07, 6.45) is 0.323. The van der Waals surface area contributed by atoms with E-state index in [-0.39, 0.29) is 44.5 Å². The van der Waals surface area contributed by atoms with Crippen molar-refractivity contribution in [2.24, 2.45) is 5.92 Å². The molecular formula is C31H40N2O8. The van der Waals surface area contributed by atoms with E-state index >= 15 is 0 Å². The molecule has 0 spiro atoms. The van der Waals surface area contributed by atoms with Crippen molar-refractivity contribution in [1.82, 2.24) is 10.2 Å². The van der Waals surface area contributed by atoms with Crippen molar-refractivity contribution in [2.75, 3.05) is 33.9 Å². The van der Waals surface area contributed by atoms with Crippen LogP contribution in [0.1, 0.15) is 42.9 Å². The Kier molecular flexibility index (Phi) is 9.90. The molecule has 0 saturated heterocycles. The van der Waals surface area contributed by atoms with Crippen molar-refractivity contribution in [3.63, 3.8) is 0 Å². The van der Waals surface area contributed by atoms with Gasteiger partial charge >= 0.3 is 0 Å². The van der Waals surface area contributed by atoms with Crippen LogP contribution in [0.2, 0.25) is 0 Å². The molecule has 1 heterocycles. The molecule has 10 heteroatoms. The molecule has 0 aromatic heterocycles. The van der Waals surface area contributed by atoms with Crippen LogP contribution in [0.5, 0.6) is 17.2 Å². The van der Waals surface area contributed by atoms with Gasteiger partial charge in [-0.1, -0.05) is 32.0 Å². The average molecular weight is 569 g/mol. The van der Waals surface area contributed by atoms with E-state index in [1.54, 1.807) is 30.2 Å². The van der Waals surface area contributed by atoms with Crippen LogP contribution >= 0.6 is 0 Å². The minimum Gasteiger partial charge on any atom is -0.496 e. The summed E-state index contributed by atoms with van der Waals surface area (Å²) in [5.41, 5.74) is 2.41. The van der Waals surface area contributed by atoms with E-state index in [2.05, 4.69) is 5.32 Å². The van der Waals surface area contributed by atoms with Gasteiger partial charge < -0.3 is 39.7 Å². The van der Waals surface area contributed by atoms with Crippen molar-refractivity contribution in [3.8, 4) is 17.2 Å². The second kappa shape index (κ2) is 13.4. The van der Waals surface area contributed by atoms with Gasteiger partial charge in [-0.3, -0.25) is 9.59 Å². The number of para-hydroxylation sites is 1. The number of nitrogens with one attached hydrogen (secondary N) is 1. The molecule has 1 aliphatic carbocycles. The van der Waals surface area contributed by atoms with Crippen LogP contribution in [0.15, 0.2) is 48.0 Å². The summed E-state index contributed by atoms with van der Waals surface area (Å²) in [6.45, 7) is 3.73. The standard InChI is InChI=1S/C31H40N2O8/c1-18(2)13-26(36)33(11-9-20-7-5-6-8-24(20)39-3)23-16-22(31(38)32-10-12-34)27-21-14-19(17-35)15-25(40-4)29(21)41-30(27)28(23)37/h5-8,14-16,18,23,27-28,30,34-35,37H,9-13,17H2,1-4H3,(H,32,38). The molecule has 2 amide bonds. The topological polar surface area (TPSA) is 138 Å². The van der Waals surface area contributed by atoms with Gasteiger partial charge in [0.25, 0.3) is 0 Å². The van der Waals surface area contributed by atoms with Crippen molar-refractivity contribution in [2.45, 2.75) is 57.5 Å². The summed E-state index contributed by atoms with van der Waals surface area (Å²) < 4.78 is 17.3. The maximum Gasteiger partial charge on any atom is 0.247 e. The van der Waals surface area contributed by atoms with E-state index in [1.807, 2.05) is 38.1 Å². The van der Waals surface area contributed by atoms with Gasteiger partial charge in [-0.15, -0.1) is 0 Å². The minimum absolute atomic E-state index is 0.0400. The fraction of sp³-hybridized carbons (Fsp3) is 0.484. The Morgan fingerprint density at radius 1 is 1.10 bits per heavy atom. The number of hydrogen-bond donors (Lipinski definition) is 4. The number of rotatable bonds is 12. The molecular weight excluding hydrogens is 528 g/mol. The van der Waals surface area contributed by atoms with Gasteiger partial charge in [0, 0.05) is 30.6 Å². The fourth-order valence-corrected chi connectivity index (χ4v) is 5.68. The fourth-order valence-electron chi connectivity index (χ4n) is 5.68. The lowest BCUT2D eigenvalue weighted by Gasteiger charge is -2.41. The minimum atomic E-state index is -1.17. The van der Waals surface area contributed by atoms with Crippen LogP contribution in [0.4, 0.5) is 0 Å². The largest absolute Gasteiger partial charge is 0.496 e. The van der Waals surface area contributed by atoms with E-state index in [0.717, 1.165) is 5.56 Å². The number of hydrogen-bond acceptors (Lipinski definition) is 8. The first-order valence-corrected chi connectivity index (χ1v) is 13.9. The smallest absolute Gasteiger partial charge is 0.247 e. The van der Waals surface area contributed by atoms with Crippen LogP contribution in [-0.4, -0.2) is 84.2 Å². The summed E-state index contributed by atoms with van der Waals surface area (Å²) in [6, 6.07) is 10.1. The van der Waals surface area contributed by atoms with Gasteiger partial charge in [0.1, 0.15) is 18.0 Å². The summed E-state index contributed by atoms with van der Waals surface area (Å²) in [4.78, 5) is 28.7. The third-order valence-corrected chi connectivity index (χ3v) is 7.57. The molecule has 4 unspecified atom stereocenters. The molecule has 0 saturated carbocycles. The van der Waals surface area contributed by atoms with E-state index < -0.39 is 30.1 Å². The molecule has 4 N–H and O–H groups in total. The van der Waals surface area contributed by atoms with Gasteiger partial charge in [0.05, 0.1) is 39.4 Å². The van der Waals surface area contributed by atoms with Crippen LogP contribution in [0.25, 0.3) is 0 Å². The molecule has 41 heavy (non-hydrogen) atoms. The molecule has 222 valence electrons. The zero-order chi connectivity index (χ0) is 29.7. The van der Waals surface area contributed by atoms with Gasteiger partial charge in [-0.05, 0) is 47.7 Å². The lowest BCUT2D eigenvalue weighted by molar-refractivity contribution is -0.137. The number of aliphatic hydroxyl groups excluding tert-OH is 3. The normalized spacial score (nSPS) is 20.9. The highest BCUT2D eigenvalue weighted by Crippen LogP contribution is 2.51.